The van der Waals surface area contributed by atoms with Crippen LogP contribution in [-0.2, 0) is 0 Å². The minimum atomic E-state index is 0.750. The fourth-order valence-corrected chi connectivity index (χ4v) is 1.48. The van der Waals surface area contributed by atoms with Crippen LogP contribution in [0.1, 0.15) is 0 Å². The van der Waals surface area contributed by atoms with E-state index in [4.69, 9.17) is 0 Å². The van der Waals surface area contributed by atoms with Crippen molar-refractivity contribution >= 4 is 33.7 Å². The summed E-state index contributed by atoms with van der Waals surface area (Å²) in [5, 5.41) is 9.08. The Morgan fingerprint density at radius 2 is 1.92 bits per heavy atom. The Bertz CT molecular complexity index is 304. The number of thiazole rings is 1. The molecule has 0 spiro atoms. The minimum Gasteiger partial charge on any atom is -0.265 e. The maximum Gasteiger partial charge on any atom is 0.0812 e. The zero-order valence-electron chi connectivity index (χ0n) is 6.31. The number of hydrogen-bond acceptors (Lipinski definition) is 5. The van der Waals surface area contributed by atoms with Crippen molar-refractivity contribution in [2.24, 2.45) is 10.3 Å². The largest absolute Gasteiger partial charge is 0.265 e. The van der Waals surface area contributed by atoms with Crippen molar-refractivity contribution in [3.63, 3.8) is 0 Å². The summed E-state index contributed by atoms with van der Waals surface area (Å²) in [7, 11) is 0. The van der Waals surface area contributed by atoms with Crippen LogP contribution in [0.25, 0.3) is 10.2 Å². The van der Waals surface area contributed by atoms with Crippen LogP contribution in [0.15, 0.2) is 29.8 Å². The van der Waals surface area contributed by atoms with Gasteiger partial charge in [-0.25, -0.2) is 4.98 Å². The van der Waals surface area contributed by atoms with Crippen molar-refractivity contribution < 1.29 is 0 Å². The summed E-state index contributed by atoms with van der Waals surface area (Å²) in [5.74, 6) is 0. The second-order valence-electron chi connectivity index (χ2n) is 1.96. The minimum absolute atomic E-state index is 0.750. The fourth-order valence-electron chi connectivity index (χ4n) is 0.803. The smallest absolute Gasteiger partial charge is 0.0812 e. The van der Waals surface area contributed by atoms with E-state index in [0.29, 0.717) is 0 Å². The lowest BCUT2D eigenvalue weighted by molar-refractivity contribution is 1.50. The number of nitrogens with two attached hydrogens (primary N) is 2. The van der Waals surface area contributed by atoms with Crippen LogP contribution < -0.4 is 10.3 Å². The van der Waals surface area contributed by atoms with Crippen LogP contribution in [0, 0.1) is 0 Å². The molecular weight excluding hydrogens is 190 g/mol. The van der Waals surface area contributed by atoms with E-state index in [0.717, 1.165) is 17.7 Å². The predicted octanol–water partition coefficient (Wildman–Crippen LogP) is 1.76. The summed E-state index contributed by atoms with van der Waals surface area (Å²) in [5.41, 5.74) is 2.97. The summed E-state index contributed by atoms with van der Waals surface area (Å²) in [6, 6.07) is 8.13. The van der Waals surface area contributed by atoms with Gasteiger partial charge in [0.1, 0.15) is 0 Å². The van der Waals surface area contributed by atoms with Crippen molar-refractivity contribution in [3.05, 3.63) is 29.8 Å². The lowest BCUT2D eigenvalue weighted by Crippen LogP contribution is -1.83. The Balaban J connectivity index is 0.000000213. The molecule has 0 aliphatic carbocycles. The molecule has 12 heavy (non-hydrogen) atoms. The molecule has 4 N–H and O–H groups in total. The Labute approximate surface area is 79.1 Å². The predicted molar refractivity (Wildman–Crippen MR) is 55.6 cm³/mol. The van der Waals surface area contributed by atoms with Gasteiger partial charge in [-0.1, -0.05) is 12.1 Å². The SMILES string of the molecule is NSN.c1ccc2scnc2c1. The van der Waals surface area contributed by atoms with Gasteiger partial charge >= 0.3 is 0 Å². The van der Waals surface area contributed by atoms with Gasteiger partial charge in [0, 0.05) is 0 Å². The number of aromatic nitrogens is 1. The molecule has 5 heteroatoms. The number of rotatable bonds is 0. The zero-order valence-corrected chi connectivity index (χ0v) is 7.94. The molecule has 2 rings (SSSR count). The number of nitrogens with zero attached hydrogens (tertiary/aromatic N) is 1. The van der Waals surface area contributed by atoms with Gasteiger partial charge in [0.2, 0.25) is 0 Å². The first kappa shape index (κ1) is 9.47. The van der Waals surface area contributed by atoms with Crippen LogP contribution in [0.4, 0.5) is 0 Å². The van der Waals surface area contributed by atoms with Crippen LogP contribution in [-0.4, -0.2) is 4.98 Å². The lowest BCUT2D eigenvalue weighted by atomic mass is 10.3. The average Bonchev–Trinajstić information content (AvgIpc) is 2.52. The summed E-state index contributed by atoms with van der Waals surface area (Å²) in [4.78, 5) is 4.14. The third-order valence-corrected chi connectivity index (χ3v) is 2.05. The Kier molecular flexibility index (Phi) is 4.02. The fraction of sp³-hybridized carbons (Fsp3) is 0. The van der Waals surface area contributed by atoms with E-state index in [1.165, 1.54) is 4.70 Å². The van der Waals surface area contributed by atoms with Crippen LogP contribution in [0.3, 0.4) is 0 Å². The quantitative estimate of drug-likeness (QED) is 0.635. The highest BCUT2D eigenvalue weighted by molar-refractivity contribution is 7.94. The third-order valence-electron chi connectivity index (χ3n) is 1.24. The maximum atomic E-state index is 4.54. The molecule has 0 atom stereocenters. The molecule has 0 bridgehead atoms. The van der Waals surface area contributed by atoms with Gasteiger partial charge in [-0.05, 0) is 24.3 Å². The molecule has 2 aromatic rings. The molecule has 1 aromatic carbocycles. The molecule has 0 unspecified atom stereocenters. The first-order chi connectivity index (χ1) is 5.88. The molecule has 1 aromatic heterocycles. The topological polar surface area (TPSA) is 64.9 Å². The van der Waals surface area contributed by atoms with Crippen molar-refractivity contribution in [2.75, 3.05) is 0 Å². The van der Waals surface area contributed by atoms with Gasteiger partial charge in [-0.15, -0.1) is 11.3 Å². The lowest BCUT2D eigenvalue weighted by Gasteiger charge is -1.80. The average molecular weight is 199 g/mol. The molecule has 0 amide bonds. The molecule has 0 saturated heterocycles. The summed E-state index contributed by atoms with van der Waals surface area (Å²) in [6.07, 6.45) is 0. The van der Waals surface area contributed by atoms with Gasteiger partial charge in [0.25, 0.3) is 0 Å². The Morgan fingerprint density at radius 3 is 2.58 bits per heavy atom. The number of fused-ring (bicyclic) bond motifs is 1. The monoisotopic (exact) mass is 199 g/mol. The van der Waals surface area contributed by atoms with Crippen molar-refractivity contribution in [1.29, 1.82) is 0 Å². The van der Waals surface area contributed by atoms with E-state index in [1.54, 1.807) is 11.3 Å². The van der Waals surface area contributed by atoms with Gasteiger partial charge in [-0.2, -0.15) is 0 Å². The summed E-state index contributed by atoms with van der Waals surface area (Å²) >= 11 is 2.43. The van der Waals surface area contributed by atoms with E-state index in [-0.39, 0.29) is 0 Å². The van der Waals surface area contributed by atoms with Gasteiger partial charge in [0.15, 0.2) is 0 Å². The first-order valence-corrected chi connectivity index (χ1v) is 5.04. The number of benzene rings is 1. The maximum absolute atomic E-state index is 4.54. The van der Waals surface area contributed by atoms with Crippen LogP contribution in [0.2, 0.25) is 0 Å². The highest BCUT2D eigenvalue weighted by Gasteiger charge is 1.89. The standard InChI is InChI=1S/C7H5NS.H4N2S/c1-2-4-7-6(3-1)8-5-9-7;1-3-2/h1-5H;1-2H2. The highest BCUT2D eigenvalue weighted by Crippen LogP contribution is 2.15. The van der Waals surface area contributed by atoms with Crippen LogP contribution >= 0.6 is 23.5 Å². The highest BCUT2D eigenvalue weighted by atomic mass is 32.2. The molecule has 0 radical (unpaired) electrons. The van der Waals surface area contributed by atoms with E-state index in [1.807, 2.05) is 23.7 Å². The molecule has 1 heterocycles. The Hall–Kier alpha value is -0.620. The van der Waals surface area contributed by atoms with E-state index >= 15 is 0 Å². The third kappa shape index (κ3) is 2.46. The molecule has 0 aliphatic rings. The molecule has 0 fully saturated rings. The van der Waals surface area contributed by atoms with E-state index in [9.17, 15) is 0 Å². The molecule has 0 saturated carbocycles. The van der Waals surface area contributed by atoms with Crippen molar-refractivity contribution in [3.8, 4) is 0 Å². The van der Waals surface area contributed by atoms with Gasteiger partial charge in [0.05, 0.1) is 15.7 Å². The van der Waals surface area contributed by atoms with Gasteiger partial charge < -0.3 is 0 Å². The number of para-hydroxylation sites is 1. The first-order valence-electron chi connectivity index (χ1n) is 3.22. The van der Waals surface area contributed by atoms with Crippen molar-refractivity contribution in [1.82, 2.24) is 4.98 Å². The normalized spacial score (nSPS) is 9.17. The summed E-state index contributed by atoms with van der Waals surface area (Å²) < 4.78 is 1.26. The molecular formula is C7H9N3S2. The zero-order chi connectivity index (χ0) is 8.81. The van der Waals surface area contributed by atoms with Crippen molar-refractivity contribution in [2.45, 2.75) is 0 Å². The van der Waals surface area contributed by atoms with Gasteiger partial charge in [-0.3, -0.25) is 10.3 Å². The summed E-state index contributed by atoms with van der Waals surface area (Å²) in [6.45, 7) is 0. The number of hydrogen-bond donors (Lipinski definition) is 2. The Morgan fingerprint density at radius 1 is 1.25 bits per heavy atom. The molecule has 3 nitrogen and oxygen atoms in total. The van der Waals surface area contributed by atoms with E-state index in [2.05, 4.69) is 21.3 Å². The van der Waals surface area contributed by atoms with E-state index < -0.39 is 0 Å². The molecule has 64 valence electrons. The van der Waals surface area contributed by atoms with Crippen LogP contribution in [0.5, 0.6) is 0 Å². The second-order valence-corrected chi connectivity index (χ2v) is 3.11. The second kappa shape index (κ2) is 5.10. The molecule has 0 aliphatic heterocycles.